The second-order valence-electron chi connectivity index (χ2n) is 1.73. The zero-order chi connectivity index (χ0) is 9.40. The van der Waals surface area contributed by atoms with Gasteiger partial charge in [0.2, 0.25) is 0 Å². The summed E-state index contributed by atoms with van der Waals surface area (Å²) in [6.45, 7) is 3.39. The first-order valence-corrected chi connectivity index (χ1v) is 3.23. The molecule has 0 saturated heterocycles. The molecular weight excluding hydrogens is 156 g/mol. The van der Waals surface area contributed by atoms with Crippen LogP contribution in [-0.4, -0.2) is 0 Å². The van der Waals surface area contributed by atoms with Crippen LogP contribution in [0.5, 0.6) is 0 Å². The van der Waals surface area contributed by atoms with Gasteiger partial charge in [0.05, 0.1) is 0 Å². The van der Waals surface area contributed by atoms with E-state index in [1.54, 1.807) is 26.0 Å². The van der Waals surface area contributed by atoms with Crippen molar-refractivity contribution in [2.45, 2.75) is 13.8 Å². The maximum absolute atomic E-state index is 8.14. The summed E-state index contributed by atoms with van der Waals surface area (Å²) in [4.78, 5) is 5.18. The standard InChI is InChI=1S/C6H8N6/c1-3-5(9-11-7)6(4-2)10-12-8/h3-4H,1-2H3/b5-3-,6-4-. The highest BCUT2D eigenvalue weighted by atomic mass is 15.2. The molecule has 0 spiro atoms. The first kappa shape index (κ1) is 10.1. The predicted octanol–water partition coefficient (Wildman–Crippen LogP) is 3.41. The van der Waals surface area contributed by atoms with Crippen LogP contribution in [0.4, 0.5) is 0 Å². The summed E-state index contributed by atoms with van der Waals surface area (Å²) in [5.74, 6) is 0. The minimum Gasteiger partial charge on any atom is -0.0776 e. The van der Waals surface area contributed by atoms with Crippen molar-refractivity contribution in [3.05, 3.63) is 44.4 Å². The molecule has 12 heavy (non-hydrogen) atoms. The molecule has 0 aliphatic heterocycles. The van der Waals surface area contributed by atoms with Crippen LogP contribution in [0.25, 0.3) is 20.9 Å². The van der Waals surface area contributed by atoms with Gasteiger partial charge in [0, 0.05) is 21.2 Å². The Balaban J connectivity index is 4.96. The summed E-state index contributed by atoms with van der Waals surface area (Å²) in [5.41, 5.74) is 16.9. The Labute approximate surface area is 69.5 Å². The van der Waals surface area contributed by atoms with Crippen molar-refractivity contribution in [3.8, 4) is 0 Å². The highest BCUT2D eigenvalue weighted by Gasteiger charge is 1.96. The Morgan fingerprint density at radius 1 is 1.00 bits per heavy atom. The van der Waals surface area contributed by atoms with Crippen LogP contribution in [0.15, 0.2) is 33.8 Å². The summed E-state index contributed by atoms with van der Waals surface area (Å²) < 4.78 is 0. The summed E-state index contributed by atoms with van der Waals surface area (Å²) in [6, 6.07) is 0. The zero-order valence-corrected chi connectivity index (χ0v) is 6.84. The molecule has 0 N–H and O–H groups in total. The summed E-state index contributed by atoms with van der Waals surface area (Å²) in [7, 11) is 0. The lowest BCUT2D eigenvalue weighted by Gasteiger charge is -1.95. The van der Waals surface area contributed by atoms with Crippen molar-refractivity contribution in [3.63, 3.8) is 0 Å². The summed E-state index contributed by atoms with van der Waals surface area (Å²) in [6.07, 6.45) is 3.15. The minimum absolute atomic E-state index is 0.331. The van der Waals surface area contributed by atoms with E-state index < -0.39 is 0 Å². The number of rotatable bonds is 3. The Bertz CT molecular complexity index is 268. The van der Waals surface area contributed by atoms with Crippen LogP contribution >= 0.6 is 0 Å². The number of nitrogens with zero attached hydrogens (tertiary/aromatic N) is 6. The smallest absolute Gasteiger partial charge is 0.0424 e. The fourth-order valence-corrected chi connectivity index (χ4v) is 0.610. The molecule has 0 radical (unpaired) electrons. The fourth-order valence-electron chi connectivity index (χ4n) is 0.610. The highest BCUT2D eigenvalue weighted by Crippen LogP contribution is 2.12. The van der Waals surface area contributed by atoms with E-state index in [1.807, 2.05) is 0 Å². The molecule has 0 fully saturated rings. The molecule has 0 aliphatic carbocycles. The summed E-state index contributed by atoms with van der Waals surface area (Å²) in [5, 5.41) is 6.68. The van der Waals surface area contributed by atoms with Crippen molar-refractivity contribution >= 4 is 0 Å². The van der Waals surface area contributed by atoms with Crippen LogP contribution in [-0.2, 0) is 0 Å². The first-order valence-electron chi connectivity index (χ1n) is 3.23. The van der Waals surface area contributed by atoms with Crippen LogP contribution in [0, 0.1) is 0 Å². The van der Waals surface area contributed by atoms with E-state index in [-0.39, 0.29) is 0 Å². The summed E-state index contributed by atoms with van der Waals surface area (Å²) >= 11 is 0. The lowest BCUT2D eigenvalue weighted by molar-refractivity contribution is 1.18. The minimum atomic E-state index is 0.331. The van der Waals surface area contributed by atoms with E-state index in [9.17, 15) is 0 Å². The molecule has 62 valence electrons. The number of hydrogen-bond acceptors (Lipinski definition) is 2. The van der Waals surface area contributed by atoms with Gasteiger partial charge in [-0.15, -0.1) is 0 Å². The molecule has 0 amide bonds. The molecule has 0 aliphatic rings. The zero-order valence-electron chi connectivity index (χ0n) is 6.84. The van der Waals surface area contributed by atoms with Crippen molar-refractivity contribution < 1.29 is 0 Å². The fraction of sp³-hybridized carbons (Fsp3) is 0.333. The van der Waals surface area contributed by atoms with Crippen molar-refractivity contribution in [2.75, 3.05) is 0 Å². The molecule has 0 rings (SSSR count). The molecule has 0 saturated carbocycles. The Hall–Kier alpha value is -1.90. The second-order valence-corrected chi connectivity index (χ2v) is 1.73. The highest BCUT2D eigenvalue weighted by molar-refractivity contribution is 5.27. The van der Waals surface area contributed by atoms with Gasteiger partial charge < -0.3 is 0 Å². The lowest BCUT2D eigenvalue weighted by atomic mass is 10.3. The van der Waals surface area contributed by atoms with Crippen LogP contribution in [0.3, 0.4) is 0 Å². The lowest BCUT2D eigenvalue weighted by Crippen LogP contribution is -1.78. The Morgan fingerprint density at radius 3 is 1.50 bits per heavy atom. The SMILES string of the molecule is C/C=C(N=[N+]=[N-])/C(=C/C)N=[N+]=[N-]. The van der Waals surface area contributed by atoms with Gasteiger partial charge in [-0.3, -0.25) is 0 Å². The molecule has 0 unspecified atom stereocenters. The van der Waals surface area contributed by atoms with Crippen molar-refractivity contribution in [1.29, 1.82) is 0 Å². The maximum Gasteiger partial charge on any atom is 0.0424 e. The molecule has 6 heteroatoms. The van der Waals surface area contributed by atoms with Crippen molar-refractivity contribution in [2.24, 2.45) is 10.2 Å². The molecule has 0 aromatic heterocycles. The maximum atomic E-state index is 8.14. The molecular formula is C6H8N6. The predicted molar refractivity (Wildman–Crippen MR) is 45.8 cm³/mol. The van der Waals surface area contributed by atoms with Crippen LogP contribution in [0.1, 0.15) is 13.8 Å². The van der Waals surface area contributed by atoms with Gasteiger partial charge in [-0.2, -0.15) is 0 Å². The van der Waals surface area contributed by atoms with E-state index in [2.05, 4.69) is 20.1 Å². The van der Waals surface area contributed by atoms with Gasteiger partial charge in [-0.1, -0.05) is 22.4 Å². The van der Waals surface area contributed by atoms with Crippen LogP contribution in [0.2, 0.25) is 0 Å². The Kier molecular flexibility index (Phi) is 4.93. The quantitative estimate of drug-likeness (QED) is 0.264. The monoisotopic (exact) mass is 164 g/mol. The van der Waals surface area contributed by atoms with E-state index in [0.29, 0.717) is 11.4 Å². The van der Waals surface area contributed by atoms with Gasteiger partial charge in [0.1, 0.15) is 0 Å². The number of azide groups is 2. The average Bonchev–Trinajstić information content (AvgIpc) is 2.11. The topological polar surface area (TPSA) is 97.5 Å². The number of allylic oxidation sites excluding steroid dienone is 2. The molecule has 0 bridgehead atoms. The van der Waals surface area contributed by atoms with E-state index in [0.717, 1.165) is 0 Å². The first-order chi connectivity index (χ1) is 5.79. The average molecular weight is 164 g/mol. The van der Waals surface area contributed by atoms with Gasteiger partial charge in [0.25, 0.3) is 0 Å². The van der Waals surface area contributed by atoms with Gasteiger partial charge in [-0.25, -0.2) is 0 Å². The molecule has 6 nitrogen and oxygen atoms in total. The normalized spacial score (nSPS) is 11.5. The molecule has 0 aromatic rings. The van der Waals surface area contributed by atoms with Gasteiger partial charge >= 0.3 is 0 Å². The van der Waals surface area contributed by atoms with E-state index in [4.69, 9.17) is 11.1 Å². The molecule has 0 heterocycles. The molecule has 0 atom stereocenters. The van der Waals surface area contributed by atoms with E-state index >= 15 is 0 Å². The third kappa shape index (κ3) is 2.79. The number of hydrogen-bond donors (Lipinski definition) is 0. The van der Waals surface area contributed by atoms with E-state index in [1.165, 1.54) is 0 Å². The third-order valence-electron chi connectivity index (χ3n) is 1.11. The second kappa shape index (κ2) is 5.85. The Morgan fingerprint density at radius 2 is 1.33 bits per heavy atom. The molecule has 0 aromatic carbocycles. The van der Waals surface area contributed by atoms with Gasteiger partial charge in [0.15, 0.2) is 0 Å². The van der Waals surface area contributed by atoms with Crippen LogP contribution < -0.4 is 0 Å². The van der Waals surface area contributed by atoms with Gasteiger partial charge in [-0.05, 0) is 24.9 Å². The third-order valence-corrected chi connectivity index (χ3v) is 1.11. The van der Waals surface area contributed by atoms with Crippen molar-refractivity contribution in [1.82, 2.24) is 0 Å². The largest absolute Gasteiger partial charge is 0.0776 e.